The number of piperidine rings is 1. The average Bonchev–Trinajstić information content (AvgIpc) is 3.45. The van der Waals surface area contributed by atoms with Gasteiger partial charge in [-0.05, 0) is 75.0 Å². The Hall–Kier alpha value is -3.01. The third kappa shape index (κ3) is 4.15. The second-order valence-electron chi connectivity index (χ2n) is 9.96. The van der Waals surface area contributed by atoms with Gasteiger partial charge < -0.3 is 26.4 Å². The van der Waals surface area contributed by atoms with E-state index < -0.39 is 0 Å². The topological polar surface area (TPSA) is 109 Å². The fourth-order valence-corrected chi connectivity index (χ4v) is 7.29. The number of benzene rings is 2. The van der Waals surface area contributed by atoms with Crippen molar-refractivity contribution in [3.05, 3.63) is 64.7 Å². The minimum absolute atomic E-state index is 0.00681. The fraction of sp³-hybridized carbons (Fsp3) is 0.407. The summed E-state index contributed by atoms with van der Waals surface area (Å²) < 4.78 is 5.99. The lowest BCUT2D eigenvalue weighted by Gasteiger charge is -2.46. The SMILES string of the molecule is Cc1cc(Oc2ccccc2)ccc1N1C(=O)NC2=C(C(=O)N[C@@H]3CCC[C@@H]3N)SC3NCCC1C23. The van der Waals surface area contributed by atoms with Gasteiger partial charge in [-0.2, -0.15) is 0 Å². The molecule has 6 rings (SSSR count). The molecular weight excluding hydrogens is 474 g/mol. The van der Waals surface area contributed by atoms with E-state index in [1.807, 2.05) is 60.4 Å². The van der Waals surface area contributed by atoms with Gasteiger partial charge in [-0.3, -0.25) is 9.69 Å². The predicted molar refractivity (Wildman–Crippen MR) is 141 cm³/mol. The number of hydrogen-bond donors (Lipinski definition) is 4. The Bertz CT molecular complexity index is 1220. The molecule has 5 N–H and O–H groups in total. The summed E-state index contributed by atoms with van der Waals surface area (Å²) in [7, 11) is 0. The van der Waals surface area contributed by atoms with Crippen LogP contribution in [0.2, 0.25) is 0 Å². The van der Waals surface area contributed by atoms with Crippen LogP contribution >= 0.6 is 11.8 Å². The maximum absolute atomic E-state index is 13.5. The summed E-state index contributed by atoms with van der Waals surface area (Å²) in [5.74, 6) is 1.38. The number of amides is 3. The van der Waals surface area contributed by atoms with E-state index >= 15 is 0 Å². The van der Waals surface area contributed by atoms with Crippen molar-refractivity contribution in [2.45, 2.75) is 56.1 Å². The van der Waals surface area contributed by atoms with Crippen LogP contribution in [0.15, 0.2) is 59.1 Å². The monoisotopic (exact) mass is 505 g/mol. The molecule has 188 valence electrons. The highest BCUT2D eigenvalue weighted by Gasteiger charge is 2.52. The third-order valence-corrected chi connectivity index (χ3v) is 8.99. The van der Waals surface area contributed by atoms with Crippen LogP contribution in [-0.4, -0.2) is 42.0 Å². The summed E-state index contributed by atoms with van der Waals surface area (Å²) in [6.07, 6.45) is 3.67. The summed E-state index contributed by atoms with van der Waals surface area (Å²) in [4.78, 5) is 29.2. The van der Waals surface area contributed by atoms with Crippen LogP contribution in [0.5, 0.6) is 11.5 Å². The molecule has 4 aliphatic rings. The summed E-state index contributed by atoms with van der Waals surface area (Å²) in [5, 5.41) is 9.81. The van der Waals surface area contributed by atoms with Gasteiger partial charge in [-0.25, -0.2) is 4.79 Å². The molecule has 3 amide bonds. The summed E-state index contributed by atoms with van der Waals surface area (Å²) in [6.45, 7) is 2.78. The summed E-state index contributed by atoms with van der Waals surface area (Å²) in [6, 6.07) is 15.2. The maximum Gasteiger partial charge on any atom is 0.326 e. The van der Waals surface area contributed by atoms with Gasteiger partial charge in [0.2, 0.25) is 0 Å². The normalized spacial score (nSPS) is 29.1. The third-order valence-electron chi connectivity index (χ3n) is 7.64. The number of para-hydroxylation sites is 1. The number of rotatable bonds is 5. The van der Waals surface area contributed by atoms with Crippen LogP contribution in [-0.2, 0) is 4.79 Å². The first kappa shape index (κ1) is 23.4. The van der Waals surface area contributed by atoms with Crippen molar-refractivity contribution in [2.24, 2.45) is 11.7 Å². The molecule has 9 heteroatoms. The summed E-state index contributed by atoms with van der Waals surface area (Å²) >= 11 is 1.53. The number of carbonyl (C=O) groups excluding carboxylic acids is 2. The predicted octanol–water partition coefficient (Wildman–Crippen LogP) is 3.58. The van der Waals surface area contributed by atoms with E-state index in [-0.39, 0.29) is 41.4 Å². The first-order valence-electron chi connectivity index (χ1n) is 12.6. The zero-order chi connectivity index (χ0) is 24.8. The quantitative estimate of drug-likeness (QED) is 0.495. The first-order chi connectivity index (χ1) is 17.5. The number of ether oxygens (including phenoxy) is 1. The molecule has 1 saturated carbocycles. The van der Waals surface area contributed by atoms with Crippen molar-refractivity contribution in [3.63, 3.8) is 0 Å². The molecule has 8 nitrogen and oxygen atoms in total. The van der Waals surface area contributed by atoms with E-state index in [9.17, 15) is 9.59 Å². The molecule has 0 radical (unpaired) electrons. The highest BCUT2D eigenvalue weighted by molar-refractivity contribution is 8.04. The average molecular weight is 506 g/mol. The van der Waals surface area contributed by atoms with E-state index in [1.165, 1.54) is 11.8 Å². The Kier molecular flexibility index (Phi) is 6.15. The van der Waals surface area contributed by atoms with Gasteiger partial charge in [0.15, 0.2) is 0 Å². The van der Waals surface area contributed by atoms with Crippen LogP contribution in [0.3, 0.4) is 0 Å². The lowest BCUT2D eigenvalue weighted by Crippen LogP contribution is -2.62. The van der Waals surface area contributed by atoms with Gasteiger partial charge in [-0.1, -0.05) is 30.0 Å². The lowest BCUT2D eigenvalue weighted by molar-refractivity contribution is -0.117. The maximum atomic E-state index is 13.5. The van der Waals surface area contributed by atoms with E-state index in [0.29, 0.717) is 4.91 Å². The van der Waals surface area contributed by atoms with Crippen molar-refractivity contribution in [1.29, 1.82) is 0 Å². The number of aryl methyl sites for hydroxylation is 1. The Morgan fingerprint density at radius 3 is 2.72 bits per heavy atom. The van der Waals surface area contributed by atoms with E-state index in [2.05, 4.69) is 16.0 Å². The van der Waals surface area contributed by atoms with Gasteiger partial charge in [0.05, 0.1) is 16.3 Å². The number of nitrogens with one attached hydrogen (secondary N) is 3. The van der Waals surface area contributed by atoms with E-state index in [0.717, 1.165) is 60.7 Å². The number of carbonyl (C=O) groups is 2. The van der Waals surface area contributed by atoms with Crippen LogP contribution in [0.25, 0.3) is 0 Å². The Morgan fingerprint density at radius 1 is 1.14 bits per heavy atom. The van der Waals surface area contributed by atoms with Crippen molar-refractivity contribution in [1.82, 2.24) is 16.0 Å². The molecule has 36 heavy (non-hydrogen) atoms. The van der Waals surface area contributed by atoms with Crippen molar-refractivity contribution in [3.8, 4) is 11.5 Å². The number of hydrogen-bond acceptors (Lipinski definition) is 6. The molecule has 2 aromatic rings. The standard InChI is InChI=1S/C27H31N5O3S/c1-15-14-17(35-16-6-3-2-4-7-16)10-11-20(15)32-21-12-13-29-26-22(21)23(31-27(32)34)24(36-26)25(33)30-19-9-5-8-18(19)28/h2-4,6-7,10-11,14,18-19,21-22,26,29H,5,8-9,12-13,28H2,1H3,(H,30,33)(H,31,34)/t18-,19+,21?,22?,26?/m0/s1. The number of nitrogens with zero attached hydrogens (tertiary/aromatic N) is 1. The van der Waals surface area contributed by atoms with Crippen molar-refractivity contribution in [2.75, 3.05) is 11.4 Å². The molecule has 0 spiro atoms. The Balaban J connectivity index is 1.26. The molecule has 5 atom stereocenters. The molecule has 3 heterocycles. The molecule has 2 aromatic carbocycles. The van der Waals surface area contributed by atoms with Crippen LogP contribution < -0.4 is 31.3 Å². The summed E-state index contributed by atoms with van der Waals surface area (Å²) in [5.41, 5.74) is 8.74. The molecule has 3 fully saturated rings. The van der Waals surface area contributed by atoms with Crippen LogP contribution in [0.4, 0.5) is 10.5 Å². The molecule has 1 aliphatic carbocycles. The van der Waals surface area contributed by atoms with Crippen LogP contribution in [0, 0.1) is 12.8 Å². The van der Waals surface area contributed by atoms with Gasteiger partial charge in [-0.15, -0.1) is 0 Å². The van der Waals surface area contributed by atoms with E-state index in [4.69, 9.17) is 10.5 Å². The van der Waals surface area contributed by atoms with Crippen LogP contribution in [0.1, 0.15) is 31.2 Å². The smallest absolute Gasteiger partial charge is 0.326 e. The zero-order valence-electron chi connectivity index (χ0n) is 20.2. The first-order valence-corrected chi connectivity index (χ1v) is 13.5. The van der Waals surface area contributed by atoms with Gasteiger partial charge in [0.25, 0.3) is 5.91 Å². The minimum Gasteiger partial charge on any atom is -0.457 e. The molecular formula is C27H31N5O3S. The molecule has 0 aromatic heterocycles. The highest BCUT2D eigenvalue weighted by atomic mass is 32.2. The second kappa shape index (κ2) is 9.46. The lowest BCUT2D eigenvalue weighted by atomic mass is 9.86. The number of urea groups is 1. The molecule has 3 unspecified atom stereocenters. The van der Waals surface area contributed by atoms with Crippen molar-refractivity contribution < 1.29 is 14.3 Å². The Labute approximate surface area is 215 Å². The number of nitrogens with two attached hydrogens (primary N) is 1. The second-order valence-corrected chi connectivity index (χ2v) is 11.1. The Morgan fingerprint density at radius 2 is 1.97 bits per heavy atom. The number of anilines is 1. The minimum atomic E-state index is -0.197. The van der Waals surface area contributed by atoms with Gasteiger partial charge >= 0.3 is 6.03 Å². The zero-order valence-corrected chi connectivity index (χ0v) is 21.0. The number of thioether (sulfide) groups is 1. The highest BCUT2D eigenvalue weighted by Crippen LogP contribution is 2.48. The fourth-order valence-electron chi connectivity index (χ4n) is 5.89. The van der Waals surface area contributed by atoms with Gasteiger partial charge in [0.1, 0.15) is 11.5 Å². The van der Waals surface area contributed by atoms with Gasteiger partial charge in [0, 0.05) is 29.4 Å². The van der Waals surface area contributed by atoms with Crippen molar-refractivity contribution >= 4 is 29.4 Å². The molecule has 2 saturated heterocycles. The largest absolute Gasteiger partial charge is 0.457 e. The molecule has 3 aliphatic heterocycles. The molecule has 0 bridgehead atoms. The van der Waals surface area contributed by atoms with E-state index in [1.54, 1.807) is 0 Å².